The lowest BCUT2D eigenvalue weighted by atomic mass is 9.84. The number of rotatable bonds is 4. The number of pyridine rings is 1. The fourth-order valence-corrected chi connectivity index (χ4v) is 3.30. The molecule has 0 saturated carbocycles. The highest BCUT2D eigenvalue weighted by molar-refractivity contribution is 5.99. The van der Waals surface area contributed by atoms with Crippen LogP contribution in [0.5, 0.6) is 0 Å². The molecule has 4 N–H and O–H groups in total. The van der Waals surface area contributed by atoms with Gasteiger partial charge in [0.05, 0.1) is 22.5 Å². The topological polar surface area (TPSA) is 112 Å². The van der Waals surface area contributed by atoms with Crippen LogP contribution in [0.3, 0.4) is 0 Å². The second-order valence-corrected chi connectivity index (χ2v) is 6.22. The molecule has 2 aromatic rings. The van der Waals surface area contributed by atoms with Gasteiger partial charge in [0.25, 0.3) is 0 Å². The van der Waals surface area contributed by atoms with Gasteiger partial charge in [-0.1, -0.05) is 29.4 Å². The summed E-state index contributed by atoms with van der Waals surface area (Å²) in [7, 11) is 0. The minimum Gasteiger partial charge on any atom is -0.476 e. The Morgan fingerprint density at radius 1 is 1.48 bits per heavy atom. The quantitative estimate of drug-likeness (QED) is 0.447. The summed E-state index contributed by atoms with van der Waals surface area (Å²) in [5.41, 5.74) is 7.16. The van der Waals surface area contributed by atoms with Crippen LogP contribution in [-0.4, -0.2) is 45.6 Å². The van der Waals surface area contributed by atoms with E-state index in [4.69, 9.17) is 5.73 Å². The monoisotopic (exact) mass is 340 g/mol. The molecule has 25 heavy (non-hydrogen) atoms. The number of aromatic carboxylic acids is 1. The smallest absolute Gasteiger partial charge is 0.356 e. The van der Waals surface area contributed by atoms with Crippen molar-refractivity contribution >= 4 is 28.3 Å². The Morgan fingerprint density at radius 2 is 2.24 bits per heavy atom. The molecular formula is C18H20N4O3. The number of carboxylic acid groups (broad SMARTS) is 1. The first-order valence-corrected chi connectivity index (χ1v) is 7.98. The summed E-state index contributed by atoms with van der Waals surface area (Å²) in [6.45, 7) is 4.53. The van der Waals surface area contributed by atoms with Gasteiger partial charge < -0.3 is 20.9 Å². The highest BCUT2D eigenvalue weighted by atomic mass is 16.4. The zero-order valence-corrected chi connectivity index (χ0v) is 13.7. The summed E-state index contributed by atoms with van der Waals surface area (Å²) in [6, 6.07) is 9.19. The average molecular weight is 340 g/mol. The molecule has 1 atom stereocenters. The van der Waals surface area contributed by atoms with Gasteiger partial charge >= 0.3 is 5.97 Å². The van der Waals surface area contributed by atoms with E-state index in [0.717, 1.165) is 5.39 Å². The standard InChI is InChI=1S/C18H20N4O3/c1-2-8-18(19)11-22(9-7-15(18)21-25)14-10-12-5-3-4-6-13(12)20-16(14)17(23)24/h2-6,10,25H,1,7-9,11,19H2,(H,23,24). The second kappa shape index (κ2) is 6.52. The molecule has 1 aliphatic rings. The van der Waals surface area contributed by atoms with Crippen molar-refractivity contribution in [2.45, 2.75) is 18.4 Å². The molecule has 1 aromatic heterocycles. The minimum atomic E-state index is -1.09. The van der Waals surface area contributed by atoms with E-state index in [9.17, 15) is 15.1 Å². The molecule has 2 heterocycles. The number of carbonyl (C=O) groups is 1. The first kappa shape index (κ1) is 16.9. The molecule has 1 aromatic carbocycles. The number of benzene rings is 1. The van der Waals surface area contributed by atoms with Crippen molar-refractivity contribution in [3.8, 4) is 0 Å². The molecule has 7 nitrogen and oxygen atoms in total. The number of carboxylic acids is 1. The van der Waals surface area contributed by atoms with Gasteiger partial charge in [-0.3, -0.25) is 0 Å². The lowest BCUT2D eigenvalue weighted by Crippen LogP contribution is -2.60. The van der Waals surface area contributed by atoms with Crippen LogP contribution in [0.4, 0.5) is 5.69 Å². The van der Waals surface area contributed by atoms with Gasteiger partial charge in [-0.15, -0.1) is 6.58 Å². The van der Waals surface area contributed by atoms with Crippen LogP contribution >= 0.6 is 0 Å². The van der Waals surface area contributed by atoms with Crippen molar-refractivity contribution in [2.75, 3.05) is 18.0 Å². The lowest BCUT2D eigenvalue weighted by molar-refractivity contribution is 0.0691. The van der Waals surface area contributed by atoms with Gasteiger partial charge in [-0.25, -0.2) is 9.78 Å². The van der Waals surface area contributed by atoms with Crippen LogP contribution in [0.15, 0.2) is 48.1 Å². The molecule has 0 amide bonds. The fourth-order valence-electron chi connectivity index (χ4n) is 3.30. The first-order chi connectivity index (χ1) is 12.0. The molecule has 130 valence electrons. The number of oxime groups is 1. The van der Waals surface area contributed by atoms with Gasteiger partial charge in [0.1, 0.15) is 0 Å². The molecule has 1 fully saturated rings. The number of anilines is 1. The molecule has 0 spiro atoms. The molecule has 1 saturated heterocycles. The second-order valence-electron chi connectivity index (χ2n) is 6.22. The maximum absolute atomic E-state index is 11.7. The summed E-state index contributed by atoms with van der Waals surface area (Å²) in [4.78, 5) is 17.9. The Hall–Kier alpha value is -2.93. The van der Waals surface area contributed by atoms with Crippen LogP contribution < -0.4 is 10.6 Å². The maximum Gasteiger partial charge on any atom is 0.356 e. The van der Waals surface area contributed by atoms with Crippen molar-refractivity contribution in [3.05, 3.63) is 48.7 Å². The van der Waals surface area contributed by atoms with Gasteiger partial charge in [0.15, 0.2) is 5.69 Å². The van der Waals surface area contributed by atoms with E-state index in [1.54, 1.807) is 12.1 Å². The summed E-state index contributed by atoms with van der Waals surface area (Å²) in [5, 5.41) is 23.0. The van der Waals surface area contributed by atoms with Crippen LogP contribution in [0.1, 0.15) is 23.3 Å². The van der Waals surface area contributed by atoms with Gasteiger partial charge in [-0.05, 0) is 18.6 Å². The van der Waals surface area contributed by atoms with E-state index in [2.05, 4.69) is 16.7 Å². The predicted molar refractivity (Wildman–Crippen MR) is 96.5 cm³/mol. The number of piperidine rings is 1. The minimum absolute atomic E-state index is 0.0101. The van der Waals surface area contributed by atoms with Gasteiger partial charge in [-0.2, -0.15) is 0 Å². The summed E-state index contributed by atoms with van der Waals surface area (Å²) in [6.07, 6.45) is 2.53. The Balaban J connectivity index is 2.07. The Labute approximate surface area is 145 Å². The van der Waals surface area contributed by atoms with Crippen molar-refractivity contribution in [2.24, 2.45) is 10.9 Å². The predicted octanol–water partition coefficient (Wildman–Crippen LogP) is 2.25. The number of nitrogens with two attached hydrogens (primary N) is 1. The molecule has 1 aliphatic heterocycles. The van der Waals surface area contributed by atoms with E-state index in [0.29, 0.717) is 42.8 Å². The average Bonchev–Trinajstić information content (AvgIpc) is 2.60. The normalized spacial score (nSPS) is 22.3. The van der Waals surface area contributed by atoms with Crippen LogP contribution in [0.25, 0.3) is 10.9 Å². The number of aromatic nitrogens is 1. The summed E-state index contributed by atoms with van der Waals surface area (Å²) >= 11 is 0. The Kier molecular flexibility index (Phi) is 4.41. The van der Waals surface area contributed by atoms with Crippen LogP contribution in [0, 0.1) is 0 Å². The summed E-state index contributed by atoms with van der Waals surface area (Å²) in [5.74, 6) is -1.09. The highest BCUT2D eigenvalue weighted by Gasteiger charge is 2.38. The Morgan fingerprint density at radius 3 is 2.92 bits per heavy atom. The van der Waals surface area contributed by atoms with E-state index in [1.165, 1.54) is 0 Å². The van der Waals surface area contributed by atoms with Crippen LogP contribution in [-0.2, 0) is 0 Å². The zero-order chi connectivity index (χ0) is 18.0. The number of hydrogen-bond donors (Lipinski definition) is 3. The van der Waals surface area contributed by atoms with Crippen molar-refractivity contribution in [1.29, 1.82) is 0 Å². The summed E-state index contributed by atoms with van der Waals surface area (Å²) < 4.78 is 0. The van der Waals surface area contributed by atoms with Gasteiger partial charge in [0, 0.05) is 24.9 Å². The molecule has 7 heteroatoms. The maximum atomic E-state index is 11.7. The Bertz CT molecular complexity index is 865. The largest absolute Gasteiger partial charge is 0.476 e. The third-order valence-electron chi connectivity index (χ3n) is 4.54. The van der Waals surface area contributed by atoms with Crippen molar-refractivity contribution in [1.82, 2.24) is 4.98 Å². The van der Waals surface area contributed by atoms with Gasteiger partial charge in [0.2, 0.25) is 0 Å². The van der Waals surface area contributed by atoms with Crippen LogP contribution in [0.2, 0.25) is 0 Å². The van der Waals surface area contributed by atoms with Crippen molar-refractivity contribution < 1.29 is 15.1 Å². The van der Waals surface area contributed by atoms with E-state index < -0.39 is 11.5 Å². The lowest BCUT2D eigenvalue weighted by Gasteiger charge is -2.41. The molecule has 3 rings (SSSR count). The zero-order valence-electron chi connectivity index (χ0n) is 13.7. The molecule has 1 unspecified atom stereocenters. The molecule has 0 bridgehead atoms. The fraction of sp³-hybridized carbons (Fsp3) is 0.278. The molecule has 0 radical (unpaired) electrons. The molecular weight excluding hydrogens is 320 g/mol. The van der Waals surface area contributed by atoms with E-state index in [1.807, 2.05) is 29.2 Å². The highest BCUT2D eigenvalue weighted by Crippen LogP contribution is 2.30. The molecule has 0 aliphatic carbocycles. The number of para-hydroxylation sites is 1. The third-order valence-corrected chi connectivity index (χ3v) is 4.54. The first-order valence-electron chi connectivity index (χ1n) is 7.98. The third kappa shape index (κ3) is 3.06. The van der Waals surface area contributed by atoms with Crippen molar-refractivity contribution in [3.63, 3.8) is 0 Å². The SMILES string of the molecule is C=CCC1(N)CN(c2cc3ccccc3nc2C(=O)O)CCC1=NO. The number of hydrogen-bond acceptors (Lipinski definition) is 6. The van der Waals surface area contributed by atoms with E-state index >= 15 is 0 Å². The number of fused-ring (bicyclic) bond motifs is 1. The number of nitrogens with zero attached hydrogens (tertiary/aromatic N) is 3. The van der Waals surface area contributed by atoms with E-state index in [-0.39, 0.29) is 5.69 Å².